The maximum atomic E-state index is 12.5. The quantitative estimate of drug-likeness (QED) is 0.918. The van der Waals surface area contributed by atoms with Crippen LogP contribution in [0.1, 0.15) is 36.0 Å². The van der Waals surface area contributed by atoms with Gasteiger partial charge >= 0.3 is 0 Å². The van der Waals surface area contributed by atoms with Gasteiger partial charge in [0.1, 0.15) is 12.4 Å². The van der Waals surface area contributed by atoms with E-state index in [-0.39, 0.29) is 5.91 Å². The SMILES string of the molecule is O=C1c2ccccc2OCCN1CC(O)C1CCCC1. The number of aliphatic hydroxyl groups is 1. The first-order chi connectivity index (χ1) is 9.75. The van der Waals surface area contributed by atoms with Gasteiger partial charge in [0.15, 0.2) is 0 Å². The van der Waals surface area contributed by atoms with E-state index in [2.05, 4.69) is 0 Å². The number of nitrogens with zero attached hydrogens (tertiary/aromatic N) is 1. The third-order valence-corrected chi connectivity index (χ3v) is 4.37. The molecule has 1 amide bonds. The summed E-state index contributed by atoms with van der Waals surface area (Å²) in [6, 6.07) is 7.33. The number of carbonyl (C=O) groups excluding carboxylic acids is 1. The lowest BCUT2D eigenvalue weighted by molar-refractivity contribution is 0.0472. The molecule has 1 aliphatic carbocycles. The molecule has 1 unspecified atom stereocenters. The Morgan fingerprint density at radius 1 is 1.30 bits per heavy atom. The van der Waals surface area contributed by atoms with Crippen molar-refractivity contribution in [2.75, 3.05) is 19.7 Å². The fraction of sp³-hybridized carbons (Fsp3) is 0.562. The Morgan fingerprint density at radius 3 is 2.85 bits per heavy atom. The number of para-hydroxylation sites is 1. The Labute approximate surface area is 119 Å². The molecule has 0 radical (unpaired) electrons. The molecule has 0 bridgehead atoms. The van der Waals surface area contributed by atoms with Crippen LogP contribution in [0.15, 0.2) is 24.3 Å². The lowest BCUT2D eigenvalue weighted by atomic mass is 10.0. The van der Waals surface area contributed by atoms with Crippen molar-refractivity contribution in [1.82, 2.24) is 4.90 Å². The highest BCUT2D eigenvalue weighted by molar-refractivity contribution is 5.97. The molecule has 0 spiro atoms. The summed E-state index contributed by atoms with van der Waals surface area (Å²) in [7, 11) is 0. The number of aliphatic hydroxyl groups excluding tert-OH is 1. The van der Waals surface area contributed by atoms with Gasteiger partial charge in [-0.1, -0.05) is 25.0 Å². The number of amides is 1. The number of benzene rings is 1. The largest absolute Gasteiger partial charge is 0.491 e. The molecule has 2 aliphatic rings. The first-order valence-corrected chi connectivity index (χ1v) is 7.45. The summed E-state index contributed by atoms with van der Waals surface area (Å²) in [4.78, 5) is 14.3. The van der Waals surface area contributed by atoms with Crippen LogP contribution in [0, 0.1) is 5.92 Å². The summed E-state index contributed by atoms with van der Waals surface area (Å²) in [6.07, 6.45) is 4.14. The molecule has 4 heteroatoms. The van der Waals surface area contributed by atoms with Crippen LogP contribution in [-0.4, -0.2) is 41.7 Å². The van der Waals surface area contributed by atoms with Gasteiger partial charge in [-0.25, -0.2) is 0 Å². The fourth-order valence-corrected chi connectivity index (χ4v) is 3.20. The van der Waals surface area contributed by atoms with Crippen molar-refractivity contribution in [3.8, 4) is 5.75 Å². The number of β-amino-alcohol motifs (C(OH)–C–C–N with tert-alkyl or cyclic N) is 1. The van der Waals surface area contributed by atoms with E-state index in [4.69, 9.17) is 4.74 Å². The van der Waals surface area contributed by atoms with E-state index in [0.717, 1.165) is 12.8 Å². The van der Waals surface area contributed by atoms with Crippen LogP contribution in [0.5, 0.6) is 5.75 Å². The summed E-state index contributed by atoms with van der Waals surface area (Å²) >= 11 is 0. The second-order valence-electron chi connectivity index (χ2n) is 5.71. The smallest absolute Gasteiger partial charge is 0.257 e. The summed E-state index contributed by atoms with van der Waals surface area (Å²) in [5, 5.41) is 10.3. The van der Waals surface area contributed by atoms with Gasteiger partial charge in [-0.2, -0.15) is 0 Å². The van der Waals surface area contributed by atoms with Gasteiger partial charge in [-0.05, 0) is 30.9 Å². The van der Waals surface area contributed by atoms with Gasteiger partial charge in [0.2, 0.25) is 0 Å². The van der Waals surface area contributed by atoms with Crippen LogP contribution >= 0.6 is 0 Å². The maximum Gasteiger partial charge on any atom is 0.257 e. The van der Waals surface area contributed by atoms with E-state index in [0.29, 0.717) is 36.9 Å². The van der Waals surface area contributed by atoms with Crippen LogP contribution in [0.3, 0.4) is 0 Å². The van der Waals surface area contributed by atoms with Crippen molar-refractivity contribution in [2.45, 2.75) is 31.8 Å². The van der Waals surface area contributed by atoms with E-state index in [1.807, 2.05) is 18.2 Å². The Kier molecular flexibility index (Phi) is 3.92. The van der Waals surface area contributed by atoms with Gasteiger partial charge in [-0.3, -0.25) is 4.79 Å². The number of hydrogen-bond acceptors (Lipinski definition) is 3. The second kappa shape index (κ2) is 5.83. The molecule has 1 fully saturated rings. The minimum atomic E-state index is -0.410. The predicted octanol–water partition coefficient (Wildman–Crippen LogP) is 2.07. The van der Waals surface area contributed by atoms with Crippen molar-refractivity contribution >= 4 is 5.91 Å². The molecule has 3 rings (SSSR count). The Bertz CT molecular complexity index is 482. The molecule has 1 N–H and O–H groups in total. The predicted molar refractivity (Wildman–Crippen MR) is 75.8 cm³/mol. The molecule has 1 aromatic rings. The van der Waals surface area contributed by atoms with Crippen molar-refractivity contribution < 1.29 is 14.6 Å². The summed E-state index contributed by atoms with van der Waals surface area (Å²) < 4.78 is 5.61. The maximum absolute atomic E-state index is 12.5. The first-order valence-electron chi connectivity index (χ1n) is 7.45. The molecular weight excluding hydrogens is 254 g/mol. The molecule has 1 atom stereocenters. The molecule has 0 aromatic heterocycles. The minimum Gasteiger partial charge on any atom is -0.491 e. The van der Waals surface area contributed by atoms with E-state index < -0.39 is 6.10 Å². The first kappa shape index (κ1) is 13.4. The summed E-state index contributed by atoms with van der Waals surface area (Å²) in [5.74, 6) is 0.965. The average molecular weight is 275 g/mol. The standard InChI is InChI=1S/C16H21NO3/c18-14(12-5-1-2-6-12)11-17-9-10-20-15-8-4-3-7-13(15)16(17)19/h3-4,7-8,12,14,18H,1-2,5-6,9-11H2. The van der Waals surface area contributed by atoms with Crippen molar-refractivity contribution in [3.05, 3.63) is 29.8 Å². The second-order valence-corrected chi connectivity index (χ2v) is 5.71. The molecule has 1 saturated carbocycles. The van der Waals surface area contributed by atoms with Crippen LogP contribution < -0.4 is 4.74 Å². The average Bonchev–Trinajstić information content (AvgIpc) is 2.95. The van der Waals surface area contributed by atoms with Gasteiger partial charge in [0.25, 0.3) is 5.91 Å². The Morgan fingerprint density at radius 2 is 2.05 bits per heavy atom. The van der Waals surface area contributed by atoms with Gasteiger partial charge in [0.05, 0.1) is 18.2 Å². The highest BCUT2D eigenvalue weighted by atomic mass is 16.5. The number of carbonyl (C=O) groups is 1. The van der Waals surface area contributed by atoms with Crippen LogP contribution in [0.25, 0.3) is 0 Å². The number of fused-ring (bicyclic) bond motifs is 1. The fourth-order valence-electron chi connectivity index (χ4n) is 3.20. The van der Waals surface area contributed by atoms with E-state index in [1.165, 1.54) is 12.8 Å². The molecule has 20 heavy (non-hydrogen) atoms. The zero-order valence-corrected chi connectivity index (χ0v) is 11.6. The normalized spacial score (nSPS) is 21.2. The van der Waals surface area contributed by atoms with E-state index in [1.54, 1.807) is 11.0 Å². The molecule has 1 aliphatic heterocycles. The molecular formula is C16H21NO3. The summed E-state index contributed by atoms with van der Waals surface area (Å²) in [5.41, 5.74) is 0.601. The van der Waals surface area contributed by atoms with Crippen LogP contribution in [-0.2, 0) is 0 Å². The molecule has 4 nitrogen and oxygen atoms in total. The lowest BCUT2D eigenvalue weighted by Gasteiger charge is -2.26. The van der Waals surface area contributed by atoms with Crippen molar-refractivity contribution in [1.29, 1.82) is 0 Å². The van der Waals surface area contributed by atoms with Gasteiger partial charge in [-0.15, -0.1) is 0 Å². The monoisotopic (exact) mass is 275 g/mol. The zero-order chi connectivity index (χ0) is 13.9. The van der Waals surface area contributed by atoms with E-state index >= 15 is 0 Å². The third-order valence-electron chi connectivity index (χ3n) is 4.37. The van der Waals surface area contributed by atoms with Gasteiger partial charge < -0.3 is 14.7 Å². The molecule has 1 aromatic carbocycles. The Balaban J connectivity index is 1.72. The number of ether oxygens (including phenoxy) is 1. The van der Waals surface area contributed by atoms with Crippen molar-refractivity contribution in [3.63, 3.8) is 0 Å². The topological polar surface area (TPSA) is 49.8 Å². The van der Waals surface area contributed by atoms with Gasteiger partial charge in [0, 0.05) is 6.54 Å². The number of hydrogen-bond donors (Lipinski definition) is 1. The van der Waals surface area contributed by atoms with Crippen LogP contribution in [0.4, 0.5) is 0 Å². The molecule has 1 heterocycles. The summed E-state index contributed by atoms with van der Waals surface area (Å²) in [6.45, 7) is 1.44. The molecule has 0 saturated heterocycles. The lowest BCUT2D eigenvalue weighted by Crippen LogP contribution is -2.40. The third kappa shape index (κ3) is 2.66. The highest BCUT2D eigenvalue weighted by Crippen LogP contribution is 2.29. The number of rotatable bonds is 3. The van der Waals surface area contributed by atoms with Crippen molar-refractivity contribution in [2.24, 2.45) is 5.92 Å². The molecule has 108 valence electrons. The van der Waals surface area contributed by atoms with E-state index in [9.17, 15) is 9.90 Å². The Hall–Kier alpha value is -1.55. The van der Waals surface area contributed by atoms with Crippen LogP contribution in [0.2, 0.25) is 0 Å². The highest BCUT2D eigenvalue weighted by Gasteiger charge is 2.29. The zero-order valence-electron chi connectivity index (χ0n) is 11.6. The minimum absolute atomic E-state index is 0.0323.